The highest BCUT2D eigenvalue weighted by Crippen LogP contribution is 2.55. The summed E-state index contributed by atoms with van der Waals surface area (Å²) in [5, 5.41) is 15.3. The molecule has 3 atom stereocenters. The molecule has 0 spiro atoms. The summed E-state index contributed by atoms with van der Waals surface area (Å²) in [6.07, 6.45) is 3.28. The Morgan fingerprint density at radius 3 is 2.60 bits per heavy atom. The maximum atomic E-state index is 13.3. The molecule has 3 aliphatic rings. The molecule has 3 N–H and O–H groups in total. The van der Waals surface area contributed by atoms with E-state index >= 15 is 0 Å². The molecule has 0 bridgehead atoms. The van der Waals surface area contributed by atoms with Crippen LogP contribution in [0.25, 0.3) is 10.9 Å². The Morgan fingerprint density at radius 1 is 1.03 bits per heavy atom. The fourth-order valence-corrected chi connectivity index (χ4v) is 5.14. The van der Waals surface area contributed by atoms with Crippen LogP contribution in [-0.2, 0) is 15.0 Å². The van der Waals surface area contributed by atoms with Gasteiger partial charge < -0.3 is 20.3 Å². The van der Waals surface area contributed by atoms with Crippen molar-refractivity contribution in [2.45, 2.75) is 24.2 Å². The quantitative estimate of drug-likeness (QED) is 0.584. The van der Waals surface area contributed by atoms with Gasteiger partial charge in [-0.1, -0.05) is 36.4 Å². The number of aliphatic hydroxyl groups is 1. The third-order valence-electron chi connectivity index (χ3n) is 6.81. The number of fused-ring (bicyclic) bond motifs is 6. The van der Waals surface area contributed by atoms with Gasteiger partial charge in [0.15, 0.2) is 0 Å². The average Bonchev–Trinajstić information content (AvgIpc) is 3.40. The molecule has 150 valence electrons. The molecule has 1 fully saturated rings. The normalized spacial score (nSPS) is 29.6. The van der Waals surface area contributed by atoms with E-state index in [9.17, 15) is 14.7 Å². The van der Waals surface area contributed by atoms with Crippen molar-refractivity contribution in [3.8, 4) is 0 Å². The number of anilines is 1. The van der Waals surface area contributed by atoms with Gasteiger partial charge in [-0.05, 0) is 36.3 Å². The highest BCUT2D eigenvalue weighted by molar-refractivity contribution is 6.08. The van der Waals surface area contributed by atoms with Crippen LogP contribution in [0.2, 0.25) is 0 Å². The van der Waals surface area contributed by atoms with Crippen LogP contribution < -0.4 is 5.32 Å². The fourth-order valence-electron chi connectivity index (χ4n) is 5.14. The Labute approximate surface area is 172 Å². The van der Waals surface area contributed by atoms with Crippen molar-refractivity contribution < 1.29 is 14.7 Å². The lowest BCUT2D eigenvalue weighted by Crippen LogP contribution is -2.66. The summed E-state index contributed by atoms with van der Waals surface area (Å²) in [5.74, 6) is -0.907. The van der Waals surface area contributed by atoms with Gasteiger partial charge in [0.1, 0.15) is 11.9 Å². The lowest BCUT2D eigenvalue weighted by atomic mass is 9.74. The van der Waals surface area contributed by atoms with E-state index in [0.717, 1.165) is 32.6 Å². The van der Waals surface area contributed by atoms with Crippen molar-refractivity contribution in [2.24, 2.45) is 0 Å². The van der Waals surface area contributed by atoms with Crippen LogP contribution in [0.3, 0.4) is 0 Å². The number of carbonyl (C=O) groups excluding carboxylic acids is 2. The number of benzene rings is 2. The Balaban J connectivity index is 1.68. The minimum Gasteiger partial charge on any atom is -0.363 e. The molecule has 3 aromatic rings. The van der Waals surface area contributed by atoms with Gasteiger partial charge in [-0.15, -0.1) is 0 Å². The van der Waals surface area contributed by atoms with E-state index in [-0.39, 0.29) is 11.6 Å². The largest absolute Gasteiger partial charge is 0.363 e. The Morgan fingerprint density at radius 2 is 1.77 bits per heavy atom. The molecule has 1 aromatic heterocycles. The van der Waals surface area contributed by atoms with Crippen LogP contribution in [0, 0.1) is 0 Å². The SMILES string of the molecule is CN1C(=O)C2=C[C@]3(c4c[nH]c5ccccc45)c4ccccc4N[C@H]3N2C(=O)C1(C)O. The van der Waals surface area contributed by atoms with Crippen LogP contribution in [0.4, 0.5) is 5.69 Å². The van der Waals surface area contributed by atoms with E-state index < -0.39 is 23.2 Å². The minimum atomic E-state index is -1.92. The molecule has 3 aliphatic heterocycles. The summed E-state index contributed by atoms with van der Waals surface area (Å²) in [4.78, 5) is 32.4. The summed E-state index contributed by atoms with van der Waals surface area (Å²) in [7, 11) is 1.45. The zero-order valence-corrected chi connectivity index (χ0v) is 16.5. The van der Waals surface area contributed by atoms with E-state index in [2.05, 4.69) is 10.3 Å². The number of aromatic nitrogens is 1. The topological polar surface area (TPSA) is 88.7 Å². The summed E-state index contributed by atoms with van der Waals surface area (Å²) < 4.78 is 0. The van der Waals surface area contributed by atoms with E-state index in [1.54, 1.807) is 0 Å². The third kappa shape index (κ3) is 1.79. The van der Waals surface area contributed by atoms with Gasteiger partial charge >= 0.3 is 0 Å². The Kier molecular flexibility index (Phi) is 3.06. The molecule has 1 unspecified atom stereocenters. The summed E-state index contributed by atoms with van der Waals surface area (Å²) in [5.41, 5.74) is 1.46. The van der Waals surface area contributed by atoms with E-state index in [0.29, 0.717) is 0 Å². The molecule has 7 heteroatoms. The van der Waals surface area contributed by atoms with Crippen LogP contribution in [-0.4, -0.2) is 50.6 Å². The molecular formula is C23H20N4O3. The second-order valence-electron chi connectivity index (χ2n) is 8.30. The van der Waals surface area contributed by atoms with E-state index in [1.165, 1.54) is 18.9 Å². The zero-order valence-electron chi connectivity index (χ0n) is 16.5. The van der Waals surface area contributed by atoms with Crippen molar-refractivity contribution in [2.75, 3.05) is 12.4 Å². The summed E-state index contributed by atoms with van der Waals surface area (Å²) in [6.45, 7) is 1.36. The van der Waals surface area contributed by atoms with Gasteiger partial charge in [0.25, 0.3) is 11.8 Å². The van der Waals surface area contributed by atoms with Crippen molar-refractivity contribution in [1.82, 2.24) is 14.8 Å². The third-order valence-corrected chi connectivity index (χ3v) is 6.81. The number of amides is 2. The Bertz CT molecular complexity index is 1290. The van der Waals surface area contributed by atoms with Gasteiger partial charge in [0, 0.05) is 29.8 Å². The number of hydrogen-bond acceptors (Lipinski definition) is 4. The predicted molar refractivity (Wildman–Crippen MR) is 111 cm³/mol. The number of piperazine rings is 1. The Hall–Kier alpha value is -3.58. The first-order valence-electron chi connectivity index (χ1n) is 9.87. The second kappa shape index (κ2) is 5.31. The van der Waals surface area contributed by atoms with Gasteiger partial charge in [0.2, 0.25) is 5.72 Å². The number of rotatable bonds is 1. The van der Waals surface area contributed by atoms with E-state index in [1.807, 2.05) is 60.8 Å². The molecule has 0 saturated carbocycles. The molecule has 1 saturated heterocycles. The number of para-hydroxylation sites is 2. The molecule has 30 heavy (non-hydrogen) atoms. The summed E-state index contributed by atoms with van der Waals surface area (Å²) in [6, 6.07) is 15.9. The van der Waals surface area contributed by atoms with Crippen LogP contribution >= 0.6 is 0 Å². The maximum absolute atomic E-state index is 13.3. The number of hydrogen-bond donors (Lipinski definition) is 3. The first-order valence-corrected chi connectivity index (χ1v) is 9.87. The molecule has 7 nitrogen and oxygen atoms in total. The molecule has 2 amide bonds. The van der Waals surface area contributed by atoms with Gasteiger partial charge in [0.05, 0.1) is 5.41 Å². The summed E-state index contributed by atoms with van der Waals surface area (Å²) >= 11 is 0. The van der Waals surface area contributed by atoms with Gasteiger partial charge in [-0.3, -0.25) is 14.5 Å². The monoisotopic (exact) mass is 400 g/mol. The molecule has 2 aromatic carbocycles. The molecule has 4 heterocycles. The zero-order chi connectivity index (χ0) is 20.8. The number of nitrogens with zero attached hydrogens (tertiary/aromatic N) is 2. The molecule has 0 radical (unpaired) electrons. The van der Waals surface area contributed by atoms with Crippen molar-refractivity contribution in [3.63, 3.8) is 0 Å². The number of H-pyrrole nitrogens is 1. The average molecular weight is 400 g/mol. The van der Waals surface area contributed by atoms with Crippen LogP contribution in [0.15, 0.2) is 66.5 Å². The number of aromatic amines is 1. The second-order valence-corrected chi connectivity index (χ2v) is 8.30. The fraction of sp³-hybridized carbons (Fsp3) is 0.217. The van der Waals surface area contributed by atoms with Crippen molar-refractivity contribution in [1.29, 1.82) is 0 Å². The molecule has 6 rings (SSSR count). The minimum absolute atomic E-state index is 0.284. The number of likely N-dealkylation sites (N-methyl/N-ethyl adjacent to an activating group) is 1. The lowest BCUT2D eigenvalue weighted by Gasteiger charge is -2.44. The van der Waals surface area contributed by atoms with Gasteiger partial charge in [-0.2, -0.15) is 0 Å². The molecule has 0 aliphatic carbocycles. The van der Waals surface area contributed by atoms with Crippen molar-refractivity contribution in [3.05, 3.63) is 77.6 Å². The van der Waals surface area contributed by atoms with Crippen LogP contribution in [0.5, 0.6) is 0 Å². The lowest BCUT2D eigenvalue weighted by molar-refractivity contribution is -0.182. The maximum Gasteiger partial charge on any atom is 0.281 e. The standard InChI is InChI=1S/C23H20N4O3/c1-22(30)21(29)27-18(19(28)26(22)2)11-23(14-8-4-6-10-17(14)25-20(23)27)15-12-24-16-9-5-3-7-13(15)16/h3-12,20,24-25,30H,1-2H3/t20-,22?,23+/m0/s1. The smallest absolute Gasteiger partial charge is 0.281 e. The van der Waals surface area contributed by atoms with E-state index in [4.69, 9.17) is 0 Å². The van der Waals surface area contributed by atoms with Crippen LogP contribution in [0.1, 0.15) is 18.1 Å². The first kappa shape index (κ1) is 17.3. The van der Waals surface area contributed by atoms with Crippen molar-refractivity contribution >= 4 is 28.4 Å². The highest BCUT2D eigenvalue weighted by Gasteiger charge is 2.63. The highest BCUT2D eigenvalue weighted by atomic mass is 16.3. The predicted octanol–water partition coefficient (Wildman–Crippen LogP) is 2.11. The number of nitrogens with one attached hydrogen (secondary N) is 2. The number of carbonyl (C=O) groups is 2. The van der Waals surface area contributed by atoms with Gasteiger partial charge in [-0.25, -0.2) is 0 Å². The first-order chi connectivity index (χ1) is 14.4. The molecular weight excluding hydrogens is 380 g/mol.